The number of imide groups is 1. The van der Waals surface area contributed by atoms with Gasteiger partial charge in [0.15, 0.2) is 0 Å². The Hall–Kier alpha value is -4.00. The standard InChI is InChI=1S/C24H20N4O3/c1-24(18-11-6-8-15-7-2-3-9-16(15)18)22(30)28(23(31)27-24)14-13-20-25-19-12-5-4-10-17(19)21(29)26-20/h2-12H,13-14H2,1H3,(H,27,31)(H,25,26,29). The third-order valence-corrected chi connectivity index (χ3v) is 5.84. The molecule has 2 heterocycles. The summed E-state index contributed by atoms with van der Waals surface area (Å²) in [5, 5.41) is 5.28. The summed E-state index contributed by atoms with van der Waals surface area (Å²) >= 11 is 0. The molecular formula is C24H20N4O3. The molecular weight excluding hydrogens is 392 g/mol. The third-order valence-electron chi connectivity index (χ3n) is 5.84. The molecule has 1 fully saturated rings. The average molecular weight is 412 g/mol. The van der Waals surface area contributed by atoms with Gasteiger partial charge in [0.25, 0.3) is 11.5 Å². The van der Waals surface area contributed by atoms with Gasteiger partial charge in [-0.1, -0.05) is 54.6 Å². The number of urea groups is 1. The van der Waals surface area contributed by atoms with Crippen molar-refractivity contribution in [1.29, 1.82) is 0 Å². The van der Waals surface area contributed by atoms with Crippen LogP contribution in [0.2, 0.25) is 0 Å². The predicted molar refractivity (Wildman–Crippen MR) is 118 cm³/mol. The van der Waals surface area contributed by atoms with Gasteiger partial charge in [0, 0.05) is 13.0 Å². The third kappa shape index (κ3) is 3.06. The van der Waals surface area contributed by atoms with Crippen molar-refractivity contribution >= 4 is 33.6 Å². The van der Waals surface area contributed by atoms with Gasteiger partial charge in [-0.15, -0.1) is 0 Å². The van der Waals surface area contributed by atoms with Crippen LogP contribution in [0.25, 0.3) is 21.7 Å². The second kappa shape index (κ2) is 7.05. The van der Waals surface area contributed by atoms with E-state index in [1.165, 1.54) is 4.90 Å². The first kappa shape index (κ1) is 19.0. The molecule has 1 atom stereocenters. The minimum Gasteiger partial charge on any atom is -0.319 e. The molecule has 4 aromatic rings. The van der Waals surface area contributed by atoms with Gasteiger partial charge in [-0.2, -0.15) is 0 Å². The number of amides is 3. The van der Waals surface area contributed by atoms with Gasteiger partial charge < -0.3 is 10.3 Å². The molecule has 5 rings (SSSR count). The highest BCUT2D eigenvalue weighted by atomic mass is 16.2. The quantitative estimate of drug-likeness (QED) is 0.504. The highest BCUT2D eigenvalue weighted by Crippen LogP contribution is 2.33. The van der Waals surface area contributed by atoms with Crippen LogP contribution in [0.5, 0.6) is 0 Å². The Kier molecular flexibility index (Phi) is 4.32. The van der Waals surface area contributed by atoms with Crippen LogP contribution in [0.4, 0.5) is 4.79 Å². The lowest BCUT2D eigenvalue weighted by Crippen LogP contribution is -2.41. The van der Waals surface area contributed by atoms with E-state index < -0.39 is 11.6 Å². The number of nitrogens with one attached hydrogen (secondary N) is 2. The number of para-hydroxylation sites is 1. The van der Waals surface area contributed by atoms with E-state index in [1.54, 1.807) is 25.1 Å². The molecule has 1 unspecified atom stereocenters. The molecule has 7 heteroatoms. The lowest BCUT2D eigenvalue weighted by atomic mass is 9.88. The van der Waals surface area contributed by atoms with Crippen LogP contribution in [0.1, 0.15) is 18.3 Å². The zero-order valence-electron chi connectivity index (χ0n) is 16.9. The average Bonchev–Trinajstić information content (AvgIpc) is 3.00. The Labute approximate surface area is 177 Å². The second-order valence-corrected chi connectivity index (χ2v) is 7.82. The van der Waals surface area contributed by atoms with Crippen molar-refractivity contribution in [3.8, 4) is 0 Å². The summed E-state index contributed by atoms with van der Waals surface area (Å²) in [6, 6.07) is 20.1. The number of aromatic amines is 1. The molecule has 31 heavy (non-hydrogen) atoms. The Balaban J connectivity index is 1.44. The Morgan fingerprint density at radius 3 is 2.45 bits per heavy atom. The number of hydrogen-bond donors (Lipinski definition) is 2. The number of fused-ring (bicyclic) bond motifs is 2. The summed E-state index contributed by atoms with van der Waals surface area (Å²) < 4.78 is 0. The summed E-state index contributed by atoms with van der Waals surface area (Å²) in [4.78, 5) is 46.7. The molecule has 7 nitrogen and oxygen atoms in total. The maximum Gasteiger partial charge on any atom is 0.325 e. The molecule has 1 aliphatic heterocycles. The molecule has 0 spiro atoms. The maximum atomic E-state index is 13.3. The predicted octanol–water partition coefficient (Wildman–Crippen LogP) is 3.09. The van der Waals surface area contributed by atoms with Crippen molar-refractivity contribution < 1.29 is 9.59 Å². The smallest absolute Gasteiger partial charge is 0.319 e. The summed E-state index contributed by atoms with van der Waals surface area (Å²) in [7, 11) is 0. The highest BCUT2D eigenvalue weighted by molar-refractivity contribution is 6.09. The fraction of sp³-hybridized carbons (Fsp3) is 0.167. The number of aromatic nitrogens is 2. The van der Waals surface area contributed by atoms with E-state index in [0.29, 0.717) is 16.7 Å². The second-order valence-electron chi connectivity index (χ2n) is 7.82. The molecule has 0 radical (unpaired) electrons. The van der Waals surface area contributed by atoms with Gasteiger partial charge in [0.2, 0.25) is 0 Å². The molecule has 0 bridgehead atoms. The molecule has 0 saturated carbocycles. The van der Waals surface area contributed by atoms with Crippen molar-refractivity contribution in [2.24, 2.45) is 0 Å². The van der Waals surface area contributed by atoms with Crippen LogP contribution in [0.3, 0.4) is 0 Å². The summed E-state index contributed by atoms with van der Waals surface area (Å²) in [5.74, 6) is 0.111. The van der Waals surface area contributed by atoms with Crippen LogP contribution < -0.4 is 10.9 Å². The van der Waals surface area contributed by atoms with Gasteiger partial charge in [-0.25, -0.2) is 9.78 Å². The van der Waals surface area contributed by atoms with Crippen LogP contribution in [-0.2, 0) is 16.8 Å². The molecule has 1 saturated heterocycles. The van der Waals surface area contributed by atoms with Gasteiger partial charge >= 0.3 is 6.03 Å². The number of benzene rings is 3. The molecule has 0 aliphatic carbocycles. The molecule has 3 aromatic carbocycles. The molecule has 154 valence electrons. The number of nitrogens with zero attached hydrogens (tertiary/aromatic N) is 2. The minimum absolute atomic E-state index is 0.117. The van der Waals surface area contributed by atoms with E-state index in [2.05, 4.69) is 15.3 Å². The summed E-state index contributed by atoms with van der Waals surface area (Å²) in [5.41, 5.74) is -0.0663. The summed E-state index contributed by atoms with van der Waals surface area (Å²) in [6.45, 7) is 1.84. The van der Waals surface area contributed by atoms with Crippen molar-refractivity contribution in [2.75, 3.05) is 6.54 Å². The Morgan fingerprint density at radius 2 is 1.61 bits per heavy atom. The van der Waals surface area contributed by atoms with Gasteiger partial charge in [-0.05, 0) is 35.4 Å². The SMILES string of the molecule is CC1(c2cccc3ccccc23)NC(=O)N(CCc2nc3ccccc3c(=O)[nH]2)C1=O. The first-order valence-electron chi connectivity index (χ1n) is 10.1. The molecule has 1 aliphatic rings. The van der Waals surface area contributed by atoms with Crippen LogP contribution in [0, 0.1) is 0 Å². The van der Waals surface area contributed by atoms with E-state index in [4.69, 9.17) is 0 Å². The Morgan fingerprint density at radius 1 is 0.903 bits per heavy atom. The lowest BCUT2D eigenvalue weighted by molar-refractivity contribution is -0.131. The number of carbonyl (C=O) groups is 2. The Bertz CT molecular complexity index is 1410. The minimum atomic E-state index is -1.16. The normalized spacial score (nSPS) is 18.7. The van der Waals surface area contributed by atoms with Crippen LogP contribution in [-0.4, -0.2) is 33.4 Å². The zero-order valence-corrected chi connectivity index (χ0v) is 16.9. The monoisotopic (exact) mass is 412 g/mol. The highest BCUT2D eigenvalue weighted by Gasteiger charge is 2.49. The topological polar surface area (TPSA) is 95.2 Å². The van der Waals surface area contributed by atoms with Crippen molar-refractivity contribution in [3.63, 3.8) is 0 Å². The first-order valence-corrected chi connectivity index (χ1v) is 10.1. The molecule has 1 aromatic heterocycles. The lowest BCUT2D eigenvalue weighted by Gasteiger charge is -2.24. The molecule has 2 N–H and O–H groups in total. The van der Waals surface area contributed by atoms with E-state index in [9.17, 15) is 14.4 Å². The van der Waals surface area contributed by atoms with E-state index in [0.717, 1.165) is 16.3 Å². The number of H-pyrrole nitrogens is 1. The first-order chi connectivity index (χ1) is 15.0. The van der Waals surface area contributed by atoms with Gasteiger partial charge in [0.05, 0.1) is 10.9 Å². The maximum absolute atomic E-state index is 13.3. The fourth-order valence-corrected chi connectivity index (χ4v) is 4.21. The fourth-order valence-electron chi connectivity index (χ4n) is 4.21. The van der Waals surface area contributed by atoms with E-state index in [1.807, 2.05) is 48.5 Å². The zero-order chi connectivity index (χ0) is 21.6. The number of carbonyl (C=O) groups excluding carboxylic acids is 2. The van der Waals surface area contributed by atoms with Crippen molar-refractivity contribution in [1.82, 2.24) is 20.2 Å². The largest absolute Gasteiger partial charge is 0.325 e. The number of hydrogen-bond acceptors (Lipinski definition) is 4. The van der Waals surface area contributed by atoms with Crippen molar-refractivity contribution in [2.45, 2.75) is 18.9 Å². The van der Waals surface area contributed by atoms with Crippen LogP contribution in [0.15, 0.2) is 71.5 Å². The van der Waals surface area contributed by atoms with Crippen LogP contribution >= 0.6 is 0 Å². The van der Waals surface area contributed by atoms with E-state index >= 15 is 0 Å². The van der Waals surface area contributed by atoms with Crippen molar-refractivity contribution in [3.05, 3.63) is 88.5 Å². The molecule has 3 amide bonds. The summed E-state index contributed by atoms with van der Waals surface area (Å²) in [6.07, 6.45) is 0.255. The van der Waals surface area contributed by atoms with Gasteiger partial charge in [-0.3, -0.25) is 14.5 Å². The van der Waals surface area contributed by atoms with Gasteiger partial charge in [0.1, 0.15) is 11.4 Å². The number of rotatable bonds is 4. The van der Waals surface area contributed by atoms with E-state index in [-0.39, 0.29) is 24.4 Å².